The third-order valence-corrected chi connectivity index (χ3v) is 5.88. The minimum Gasteiger partial charge on any atom is -0.330 e. The molecule has 1 aliphatic carbocycles. The van der Waals surface area contributed by atoms with Crippen molar-refractivity contribution in [3.8, 4) is 0 Å². The summed E-state index contributed by atoms with van der Waals surface area (Å²) in [6, 6.07) is 0.776. The van der Waals surface area contributed by atoms with Gasteiger partial charge in [0.2, 0.25) is 0 Å². The smallest absolute Gasteiger partial charge is 0.00670 e. The van der Waals surface area contributed by atoms with Gasteiger partial charge >= 0.3 is 0 Å². The highest BCUT2D eigenvalue weighted by molar-refractivity contribution is 5.85. The van der Waals surface area contributed by atoms with E-state index >= 15 is 0 Å². The molecule has 27 heavy (non-hydrogen) atoms. The maximum absolute atomic E-state index is 5.52. The zero-order chi connectivity index (χ0) is 18.5. The van der Waals surface area contributed by atoms with Crippen molar-refractivity contribution in [1.29, 1.82) is 0 Å². The lowest BCUT2D eigenvalue weighted by Gasteiger charge is -2.19. The van der Waals surface area contributed by atoms with Crippen molar-refractivity contribution in [2.75, 3.05) is 26.2 Å². The summed E-state index contributed by atoms with van der Waals surface area (Å²) in [4.78, 5) is 0. The highest BCUT2D eigenvalue weighted by atomic mass is 35.5. The number of nitrogens with one attached hydrogen (secondary N) is 2. The summed E-state index contributed by atoms with van der Waals surface area (Å²) in [5.74, 6) is 0. The Hall–Kier alpha value is 0.170. The van der Waals surface area contributed by atoms with E-state index in [1.165, 1.54) is 116 Å². The third kappa shape index (κ3) is 19.3. The maximum Gasteiger partial charge on any atom is 0.00670 e. The summed E-state index contributed by atoms with van der Waals surface area (Å²) in [6.45, 7) is 4.33. The molecule has 0 bridgehead atoms. The van der Waals surface area contributed by atoms with Gasteiger partial charge in [0.1, 0.15) is 0 Å². The van der Waals surface area contributed by atoms with Crippen LogP contribution in [0.25, 0.3) is 0 Å². The summed E-state index contributed by atoms with van der Waals surface area (Å²) >= 11 is 0. The molecule has 1 saturated carbocycles. The van der Waals surface area contributed by atoms with E-state index in [1.807, 2.05) is 0 Å². The third-order valence-electron chi connectivity index (χ3n) is 5.88. The van der Waals surface area contributed by atoms with E-state index < -0.39 is 0 Å². The minimum absolute atomic E-state index is 0. The number of nitrogens with two attached hydrogens (primary N) is 1. The zero-order valence-electron chi connectivity index (χ0n) is 18.1. The number of unbranched alkanes of at least 4 members (excludes halogenated alkanes) is 2. The van der Waals surface area contributed by atoms with E-state index in [0.29, 0.717) is 0 Å². The summed E-state index contributed by atoms with van der Waals surface area (Å²) in [5.41, 5.74) is 5.52. The Kier molecular flexibility index (Phi) is 22.6. The van der Waals surface area contributed by atoms with E-state index in [9.17, 15) is 0 Å². The Bertz CT molecular complexity index is 260. The maximum atomic E-state index is 5.52. The van der Waals surface area contributed by atoms with Gasteiger partial charge in [0.25, 0.3) is 0 Å². The molecule has 0 aromatic rings. The molecule has 0 saturated heterocycles. The van der Waals surface area contributed by atoms with Crippen molar-refractivity contribution in [2.24, 2.45) is 5.73 Å². The highest BCUT2D eigenvalue weighted by Gasteiger charge is 2.08. The molecule has 4 heteroatoms. The highest BCUT2D eigenvalue weighted by Crippen LogP contribution is 2.17. The molecule has 0 amide bonds. The van der Waals surface area contributed by atoms with Crippen LogP contribution in [0.5, 0.6) is 0 Å². The van der Waals surface area contributed by atoms with E-state index in [1.54, 1.807) is 0 Å². The van der Waals surface area contributed by atoms with Crippen LogP contribution in [0.4, 0.5) is 0 Å². The van der Waals surface area contributed by atoms with Gasteiger partial charge in [-0.2, -0.15) is 0 Å². The molecular weight excluding hydrogens is 354 g/mol. The molecule has 4 N–H and O–H groups in total. The zero-order valence-corrected chi connectivity index (χ0v) is 18.9. The van der Waals surface area contributed by atoms with Crippen LogP contribution in [-0.2, 0) is 0 Å². The molecule has 1 aliphatic rings. The fourth-order valence-corrected chi connectivity index (χ4v) is 4.10. The predicted molar refractivity (Wildman–Crippen MR) is 124 cm³/mol. The lowest BCUT2D eigenvalue weighted by Crippen LogP contribution is -2.30. The second-order valence-electron chi connectivity index (χ2n) is 8.42. The SMILES string of the molecule is Cl.NCCCCNCCCCNC1CCCCCCCCCCCCCC1. The second kappa shape index (κ2) is 22.5. The lowest BCUT2D eigenvalue weighted by atomic mass is 10.0. The molecule has 164 valence electrons. The minimum atomic E-state index is 0. The first kappa shape index (κ1) is 27.2. The van der Waals surface area contributed by atoms with Crippen molar-refractivity contribution >= 4 is 12.4 Å². The summed E-state index contributed by atoms with van der Waals surface area (Å²) in [5, 5.41) is 7.42. The summed E-state index contributed by atoms with van der Waals surface area (Å²) < 4.78 is 0. The first-order valence-electron chi connectivity index (χ1n) is 12.1. The van der Waals surface area contributed by atoms with Crippen LogP contribution in [0.1, 0.15) is 116 Å². The van der Waals surface area contributed by atoms with E-state index in [4.69, 9.17) is 5.73 Å². The van der Waals surface area contributed by atoms with Gasteiger partial charge in [0.05, 0.1) is 0 Å². The normalized spacial score (nSPS) is 19.0. The summed E-state index contributed by atoms with van der Waals surface area (Å²) in [7, 11) is 0. The van der Waals surface area contributed by atoms with Crippen LogP contribution in [-0.4, -0.2) is 32.2 Å². The Morgan fingerprint density at radius 2 is 0.963 bits per heavy atom. The molecule has 0 aliphatic heterocycles. The fourth-order valence-electron chi connectivity index (χ4n) is 4.10. The molecule has 0 aromatic heterocycles. The molecule has 1 fully saturated rings. The Balaban J connectivity index is 0.00000676. The van der Waals surface area contributed by atoms with Crippen molar-refractivity contribution in [2.45, 2.75) is 122 Å². The Morgan fingerprint density at radius 1 is 0.556 bits per heavy atom. The van der Waals surface area contributed by atoms with Gasteiger partial charge in [-0.3, -0.25) is 0 Å². The van der Waals surface area contributed by atoms with Crippen molar-refractivity contribution in [1.82, 2.24) is 10.6 Å². The van der Waals surface area contributed by atoms with Crippen LogP contribution in [0, 0.1) is 0 Å². The van der Waals surface area contributed by atoms with E-state index in [-0.39, 0.29) is 12.4 Å². The Morgan fingerprint density at radius 3 is 1.44 bits per heavy atom. The van der Waals surface area contributed by atoms with Crippen LogP contribution < -0.4 is 16.4 Å². The van der Waals surface area contributed by atoms with Gasteiger partial charge < -0.3 is 16.4 Å². The molecule has 0 spiro atoms. The molecular formula is C23H50ClN3. The van der Waals surface area contributed by atoms with Crippen LogP contribution in [0.3, 0.4) is 0 Å². The molecule has 0 aromatic carbocycles. The standard InChI is InChI=1S/C23H49N3.ClH/c24-19-13-14-20-25-21-15-16-22-26-23-17-11-9-7-5-3-1-2-4-6-8-10-12-18-23;/h23,25-26H,1-22,24H2;1H. The van der Waals surface area contributed by atoms with Crippen molar-refractivity contribution < 1.29 is 0 Å². The molecule has 0 unspecified atom stereocenters. The van der Waals surface area contributed by atoms with Crippen molar-refractivity contribution in [3.05, 3.63) is 0 Å². The van der Waals surface area contributed by atoms with Gasteiger partial charge in [0, 0.05) is 6.04 Å². The average Bonchev–Trinajstić information content (AvgIpc) is 2.66. The monoisotopic (exact) mass is 403 g/mol. The van der Waals surface area contributed by atoms with Gasteiger partial charge in [-0.05, 0) is 64.7 Å². The largest absolute Gasteiger partial charge is 0.330 e. The fraction of sp³-hybridized carbons (Fsp3) is 1.00. The lowest BCUT2D eigenvalue weighted by molar-refractivity contribution is 0.408. The number of hydrogen-bond acceptors (Lipinski definition) is 3. The first-order valence-corrected chi connectivity index (χ1v) is 12.1. The number of halogens is 1. The quantitative estimate of drug-likeness (QED) is 0.395. The molecule has 0 heterocycles. The predicted octanol–water partition coefficient (Wildman–Crippen LogP) is 5.95. The van der Waals surface area contributed by atoms with Crippen molar-refractivity contribution in [3.63, 3.8) is 0 Å². The number of hydrogen-bond donors (Lipinski definition) is 3. The van der Waals surface area contributed by atoms with Crippen LogP contribution in [0.15, 0.2) is 0 Å². The van der Waals surface area contributed by atoms with Crippen LogP contribution >= 0.6 is 12.4 Å². The average molecular weight is 404 g/mol. The molecule has 3 nitrogen and oxygen atoms in total. The molecule has 1 rings (SSSR count). The van der Waals surface area contributed by atoms with Gasteiger partial charge in [-0.1, -0.05) is 77.0 Å². The summed E-state index contributed by atoms with van der Waals surface area (Å²) in [6.07, 6.45) is 25.3. The van der Waals surface area contributed by atoms with Gasteiger partial charge in [0.15, 0.2) is 0 Å². The van der Waals surface area contributed by atoms with E-state index in [0.717, 1.165) is 32.1 Å². The Labute approximate surface area is 176 Å². The first-order chi connectivity index (χ1) is 12.9. The molecule has 0 radical (unpaired) electrons. The topological polar surface area (TPSA) is 50.1 Å². The van der Waals surface area contributed by atoms with Crippen LogP contribution in [0.2, 0.25) is 0 Å². The second-order valence-corrected chi connectivity index (χ2v) is 8.42. The molecule has 0 atom stereocenters. The van der Waals surface area contributed by atoms with E-state index in [2.05, 4.69) is 10.6 Å². The number of rotatable bonds is 10. The van der Waals surface area contributed by atoms with Gasteiger partial charge in [-0.25, -0.2) is 0 Å². The van der Waals surface area contributed by atoms with Gasteiger partial charge in [-0.15, -0.1) is 12.4 Å².